The number of aromatic nitrogens is 3. The number of pyridine rings is 2. The van der Waals surface area contributed by atoms with Gasteiger partial charge in [-0.3, -0.25) is 5.32 Å². The van der Waals surface area contributed by atoms with Crippen molar-refractivity contribution in [2.24, 2.45) is 0 Å². The van der Waals surface area contributed by atoms with Gasteiger partial charge in [0.15, 0.2) is 5.82 Å². The molecule has 1 atom stereocenters. The number of anilines is 2. The first kappa shape index (κ1) is 20.4. The van der Waals surface area contributed by atoms with Gasteiger partial charge < -0.3 is 20.1 Å². The zero-order chi connectivity index (χ0) is 22.3. The Bertz CT molecular complexity index is 1180. The molecule has 4 heterocycles. The largest absolute Gasteiger partial charge is 0.480 e. The van der Waals surface area contributed by atoms with Crippen LogP contribution in [-0.2, 0) is 11.0 Å². The maximum absolute atomic E-state index is 13.1. The van der Waals surface area contributed by atoms with Crippen LogP contribution in [0.3, 0.4) is 0 Å². The summed E-state index contributed by atoms with van der Waals surface area (Å²) in [4.78, 5) is 32.8. The van der Waals surface area contributed by atoms with Crippen molar-refractivity contribution in [3.8, 4) is 11.1 Å². The topological polar surface area (TPSA) is 126 Å². The number of carbonyl (C=O) groups is 2. The molecular formula is C19H17F3N6O3. The quantitative estimate of drug-likeness (QED) is 0.582. The Morgan fingerprint density at radius 3 is 2.71 bits per heavy atom. The van der Waals surface area contributed by atoms with Crippen molar-refractivity contribution >= 4 is 29.3 Å². The Labute approximate surface area is 173 Å². The molecule has 2 amide bonds. The van der Waals surface area contributed by atoms with Gasteiger partial charge >= 0.3 is 18.2 Å². The summed E-state index contributed by atoms with van der Waals surface area (Å²) in [5, 5.41) is 11.8. The number of aliphatic carboxylic acids is 1. The number of nitrogens with two attached hydrogens (primary N) is 1. The minimum absolute atomic E-state index is 0.185. The highest BCUT2D eigenvalue weighted by Crippen LogP contribution is 2.35. The molecule has 0 aliphatic carbocycles. The number of fused-ring (bicyclic) bond motifs is 1. The fraction of sp³-hybridized carbons (Fsp3) is 0.263. The number of rotatable bonds is 3. The smallest absolute Gasteiger partial charge is 0.419 e. The first-order valence-corrected chi connectivity index (χ1v) is 9.26. The molecule has 0 aromatic carbocycles. The second kappa shape index (κ2) is 7.45. The molecule has 0 spiro atoms. The molecule has 0 unspecified atom stereocenters. The van der Waals surface area contributed by atoms with Gasteiger partial charge in [-0.05, 0) is 31.0 Å². The second-order valence-corrected chi connectivity index (χ2v) is 7.08. The number of imidazole rings is 1. The first-order chi connectivity index (χ1) is 14.6. The lowest BCUT2D eigenvalue weighted by atomic mass is 10.1. The number of urea groups is 1. The maximum atomic E-state index is 13.1. The Morgan fingerprint density at radius 2 is 2.00 bits per heavy atom. The van der Waals surface area contributed by atoms with Crippen LogP contribution in [0.25, 0.3) is 16.8 Å². The van der Waals surface area contributed by atoms with Gasteiger partial charge in [0, 0.05) is 30.1 Å². The summed E-state index contributed by atoms with van der Waals surface area (Å²) in [5.41, 5.74) is 5.41. The van der Waals surface area contributed by atoms with Gasteiger partial charge in [0.05, 0.1) is 11.8 Å². The number of likely N-dealkylation sites (tertiary alicyclic amines) is 1. The molecule has 3 aromatic rings. The Hall–Kier alpha value is -3.83. The molecular weight excluding hydrogens is 417 g/mol. The molecule has 1 saturated heterocycles. The lowest BCUT2D eigenvalue weighted by Gasteiger charge is -2.20. The number of hydrogen-bond donors (Lipinski definition) is 3. The number of alkyl halides is 3. The van der Waals surface area contributed by atoms with E-state index in [0.717, 1.165) is 6.07 Å². The summed E-state index contributed by atoms with van der Waals surface area (Å²) in [6.45, 7) is 0.325. The summed E-state index contributed by atoms with van der Waals surface area (Å²) in [7, 11) is 0. The number of carboxylic acids is 1. The van der Waals surface area contributed by atoms with Crippen molar-refractivity contribution in [2.45, 2.75) is 25.1 Å². The summed E-state index contributed by atoms with van der Waals surface area (Å²) < 4.78 is 40.9. The van der Waals surface area contributed by atoms with Crippen molar-refractivity contribution in [1.29, 1.82) is 0 Å². The molecule has 9 nitrogen and oxygen atoms in total. The highest BCUT2D eigenvalue weighted by Gasteiger charge is 2.35. The Kier molecular flexibility index (Phi) is 4.91. The van der Waals surface area contributed by atoms with Crippen molar-refractivity contribution in [3.63, 3.8) is 0 Å². The fourth-order valence-corrected chi connectivity index (χ4v) is 3.53. The highest BCUT2D eigenvalue weighted by molar-refractivity contribution is 5.92. The number of carbonyl (C=O) groups excluding carboxylic acids is 1. The monoisotopic (exact) mass is 434 g/mol. The minimum atomic E-state index is -4.63. The van der Waals surface area contributed by atoms with Gasteiger partial charge in [0.25, 0.3) is 0 Å². The Morgan fingerprint density at radius 1 is 1.23 bits per heavy atom. The molecule has 1 aliphatic rings. The van der Waals surface area contributed by atoms with Crippen LogP contribution in [-0.4, -0.2) is 49.0 Å². The van der Waals surface area contributed by atoms with E-state index in [1.54, 1.807) is 18.3 Å². The normalized spacial score (nSPS) is 16.6. The summed E-state index contributed by atoms with van der Waals surface area (Å²) >= 11 is 0. The van der Waals surface area contributed by atoms with Crippen molar-refractivity contribution < 1.29 is 27.9 Å². The number of amides is 2. The van der Waals surface area contributed by atoms with E-state index < -0.39 is 35.6 Å². The van der Waals surface area contributed by atoms with Gasteiger partial charge in [0.1, 0.15) is 17.5 Å². The molecule has 0 bridgehead atoms. The van der Waals surface area contributed by atoms with Gasteiger partial charge in [-0.1, -0.05) is 0 Å². The minimum Gasteiger partial charge on any atom is -0.480 e. The fourth-order valence-electron chi connectivity index (χ4n) is 3.53. The van der Waals surface area contributed by atoms with Crippen LogP contribution in [0.15, 0.2) is 36.8 Å². The van der Waals surface area contributed by atoms with E-state index in [9.17, 15) is 27.9 Å². The Balaban J connectivity index is 1.59. The molecule has 3 aromatic heterocycles. The molecule has 162 valence electrons. The number of nitrogens with one attached hydrogen (secondary N) is 1. The first-order valence-electron chi connectivity index (χ1n) is 9.26. The summed E-state index contributed by atoms with van der Waals surface area (Å²) in [5.74, 6) is -1.49. The highest BCUT2D eigenvalue weighted by atomic mass is 19.4. The van der Waals surface area contributed by atoms with Gasteiger partial charge in [-0.2, -0.15) is 13.2 Å². The maximum Gasteiger partial charge on any atom is 0.419 e. The van der Waals surface area contributed by atoms with Crippen molar-refractivity contribution in [1.82, 2.24) is 19.3 Å². The number of hydrogen-bond acceptors (Lipinski definition) is 5. The van der Waals surface area contributed by atoms with E-state index >= 15 is 0 Å². The predicted octanol–water partition coefficient (Wildman–Crippen LogP) is 3.08. The number of nitrogens with zero attached hydrogens (tertiary/aromatic N) is 4. The third-order valence-corrected chi connectivity index (χ3v) is 5.04. The zero-order valence-electron chi connectivity index (χ0n) is 15.9. The molecule has 1 fully saturated rings. The lowest BCUT2D eigenvalue weighted by molar-refractivity contribution is -0.141. The second-order valence-electron chi connectivity index (χ2n) is 7.08. The molecule has 31 heavy (non-hydrogen) atoms. The molecule has 0 radical (unpaired) electrons. The van der Waals surface area contributed by atoms with Crippen LogP contribution in [0, 0.1) is 0 Å². The molecule has 4 N–H and O–H groups in total. The van der Waals surface area contributed by atoms with E-state index in [0.29, 0.717) is 30.6 Å². The lowest BCUT2D eigenvalue weighted by Crippen LogP contribution is -2.42. The third kappa shape index (κ3) is 3.96. The molecule has 4 rings (SSSR count). The summed E-state index contributed by atoms with van der Waals surface area (Å²) in [6, 6.07) is 2.60. The van der Waals surface area contributed by atoms with Crippen molar-refractivity contribution in [2.75, 3.05) is 17.6 Å². The van der Waals surface area contributed by atoms with Crippen LogP contribution in [0.2, 0.25) is 0 Å². The van der Waals surface area contributed by atoms with E-state index in [1.165, 1.54) is 21.7 Å². The van der Waals surface area contributed by atoms with Crippen LogP contribution < -0.4 is 11.1 Å². The average molecular weight is 434 g/mol. The summed E-state index contributed by atoms with van der Waals surface area (Å²) in [6.07, 6.45) is 0.609. The van der Waals surface area contributed by atoms with E-state index in [1.807, 2.05) is 0 Å². The number of halogens is 3. The standard InChI is InChI=1S/C19H17F3N6O3/c20-19(21,22)12-6-11(7-24-16(12)23)10-3-4-15-25-14(9-27(15)8-10)26-18(31)28-5-1-2-13(28)17(29)30/h3-4,6-9,13H,1-2,5H2,(H2,23,24)(H,26,31)(H,29,30)/t13-/m0/s1. The van der Waals surface area contributed by atoms with Gasteiger partial charge in [-0.25, -0.2) is 19.6 Å². The van der Waals surface area contributed by atoms with Crippen LogP contribution in [0.1, 0.15) is 18.4 Å². The third-order valence-electron chi connectivity index (χ3n) is 5.04. The van der Waals surface area contributed by atoms with E-state index in [-0.39, 0.29) is 11.4 Å². The predicted molar refractivity (Wildman–Crippen MR) is 104 cm³/mol. The van der Waals surface area contributed by atoms with Crippen LogP contribution >= 0.6 is 0 Å². The van der Waals surface area contributed by atoms with Crippen molar-refractivity contribution in [3.05, 3.63) is 42.4 Å². The SMILES string of the molecule is Nc1ncc(-c2ccc3nc(NC(=O)N4CCC[C@H]4C(=O)O)cn3c2)cc1C(F)(F)F. The zero-order valence-corrected chi connectivity index (χ0v) is 15.9. The van der Waals surface area contributed by atoms with Gasteiger partial charge in [-0.15, -0.1) is 0 Å². The average Bonchev–Trinajstić information content (AvgIpc) is 3.33. The number of nitrogen functional groups attached to an aromatic ring is 1. The molecule has 0 saturated carbocycles. The van der Waals surface area contributed by atoms with E-state index in [4.69, 9.17) is 5.73 Å². The molecule has 1 aliphatic heterocycles. The van der Waals surface area contributed by atoms with Crippen LogP contribution in [0.4, 0.5) is 29.6 Å². The van der Waals surface area contributed by atoms with E-state index in [2.05, 4.69) is 15.3 Å². The number of carboxylic acid groups (broad SMARTS) is 1. The molecule has 12 heteroatoms. The van der Waals surface area contributed by atoms with Crippen LogP contribution in [0.5, 0.6) is 0 Å². The van der Waals surface area contributed by atoms with Gasteiger partial charge in [0.2, 0.25) is 0 Å².